The predicted molar refractivity (Wildman–Crippen MR) is 68.9 cm³/mol. The Morgan fingerprint density at radius 1 is 1.31 bits per heavy atom. The fourth-order valence-electron chi connectivity index (χ4n) is 1.54. The third kappa shape index (κ3) is 7.91. The van der Waals surface area contributed by atoms with Gasteiger partial charge in [0.25, 0.3) is 0 Å². The molecule has 1 amide bonds. The average molecular weight is 253 g/mol. The highest BCUT2D eigenvalue weighted by molar-refractivity contribution is 5.85. The molecule has 0 heterocycles. The van der Waals surface area contributed by atoms with E-state index < -0.39 is 6.10 Å². The third-order valence-electron chi connectivity index (χ3n) is 2.70. The SMILES string of the molecule is CCC(CC)C(O)CNC(=O)CCNC.Cl. The van der Waals surface area contributed by atoms with Gasteiger partial charge in [-0.2, -0.15) is 0 Å². The Bertz CT molecular complexity index is 175. The van der Waals surface area contributed by atoms with Crippen LogP contribution < -0.4 is 10.6 Å². The molecule has 0 saturated heterocycles. The second-order valence-corrected chi connectivity index (χ2v) is 3.80. The first-order valence-corrected chi connectivity index (χ1v) is 5.75. The lowest BCUT2D eigenvalue weighted by Gasteiger charge is -2.20. The molecule has 0 aromatic rings. The van der Waals surface area contributed by atoms with Gasteiger partial charge in [0.1, 0.15) is 0 Å². The molecule has 0 rings (SSSR count). The Morgan fingerprint density at radius 2 is 1.88 bits per heavy atom. The summed E-state index contributed by atoms with van der Waals surface area (Å²) in [5.74, 6) is 0.281. The summed E-state index contributed by atoms with van der Waals surface area (Å²) >= 11 is 0. The summed E-state index contributed by atoms with van der Waals surface area (Å²) in [6.45, 7) is 5.15. The van der Waals surface area contributed by atoms with Gasteiger partial charge >= 0.3 is 0 Å². The molecule has 0 aromatic carbocycles. The highest BCUT2D eigenvalue weighted by Gasteiger charge is 2.15. The average Bonchev–Trinajstić information content (AvgIpc) is 2.25. The summed E-state index contributed by atoms with van der Waals surface area (Å²) in [5.41, 5.74) is 0. The lowest BCUT2D eigenvalue weighted by atomic mass is 9.96. The molecule has 0 aliphatic heterocycles. The molecule has 0 saturated carbocycles. The van der Waals surface area contributed by atoms with E-state index in [0.717, 1.165) is 12.8 Å². The zero-order valence-corrected chi connectivity index (χ0v) is 11.3. The van der Waals surface area contributed by atoms with E-state index in [2.05, 4.69) is 24.5 Å². The van der Waals surface area contributed by atoms with Crippen molar-refractivity contribution in [2.24, 2.45) is 5.92 Å². The van der Waals surface area contributed by atoms with Crippen LogP contribution in [0.2, 0.25) is 0 Å². The summed E-state index contributed by atoms with van der Waals surface area (Å²) in [5, 5.41) is 15.4. The first kappa shape index (κ1) is 18.1. The minimum Gasteiger partial charge on any atom is -0.391 e. The molecule has 0 bridgehead atoms. The van der Waals surface area contributed by atoms with Crippen LogP contribution in [0.3, 0.4) is 0 Å². The lowest BCUT2D eigenvalue weighted by Crippen LogP contribution is -2.36. The number of hydrogen-bond donors (Lipinski definition) is 3. The van der Waals surface area contributed by atoms with Crippen LogP contribution in [0.15, 0.2) is 0 Å². The molecule has 3 N–H and O–H groups in total. The number of aliphatic hydroxyl groups excluding tert-OH is 1. The molecule has 98 valence electrons. The van der Waals surface area contributed by atoms with Gasteiger partial charge < -0.3 is 15.7 Å². The van der Waals surface area contributed by atoms with Crippen LogP contribution >= 0.6 is 12.4 Å². The number of rotatable bonds is 8. The Morgan fingerprint density at radius 3 is 2.31 bits per heavy atom. The maximum Gasteiger partial charge on any atom is 0.221 e. The maximum atomic E-state index is 11.2. The molecule has 0 aromatic heterocycles. The van der Waals surface area contributed by atoms with Crippen molar-refractivity contribution in [2.75, 3.05) is 20.1 Å². The van der Waals surface area contributed by atoms with E-state index in [1.165, 1.54) is 0 Å². The number of aliphatic hydroxyl groups is 1. The molecule has 4 nitrogen and oxygen atoms in total. The molecular formula is C11H25ClN2O2. The minimum atomic E-state index is -0.418. The smallest absolute Gasteiger partial charge is 0.221 e. The van der Waals surface area contributed by atoms with Gasteiger partial charge in [-0.15, -0.1) is 12.4 Å². The Balaban J connectivity index is 0. The molecule has 1 unspecified atom stereocenters. The second-order valence-electron chi connectivity index (χ2n) is 3.80. The highest BCUT2D eigenvalue weighted by Crippen LogP contribution is 2.12. The van der Waals surface area contributed by atoms with Crippen LogP contribution in [-0.4, -0.2) is 37.3 Å². The number of halogens is 1. The fraction of sp³-hybridized carbons (Fsp3) is 0.909. The summed E-state index contributed by atoms with van der Waals surface area (Å²) in [4.78, 5) is 11.2. The second kappa shape index (κ2) is 11.2. The quantitative estimate of drug-likeness (QED) is 0.602. The standard InChI is InChI=1S/C11H24N2O2.ClH/c1-4-9(5-2)10(14)8-13-11(15)6-7-12-3;/h9-10,12,14H,4-8H2,1-3H3,(H,13,15);1H. The number of nitrogens with one attached hydrogen (secondary N) is 2. The van der Waals surface area contributed by atoms with Crippen molar-refractivity contribution in [1.82, 2.24) is 10.6 Å². The summed E-state index contributed by atoms with van der Waals surface area (Å²) in [6, 6.07) is 0. The van der Waals surface area contributed by atoms with Crippen molar-refractivity contribution >= 4 is 18.3 Å². The van der Waals surface area contributed by atoms with Crippen molar-refractivity contribution in [2.45, 2.75) is 39.2 Å². The van der Waals surface area contributed by atoms with Gasteiger partial charge in [0.2, 0.25) is 5.91 Å². The van der Waals surface area contributed by atoms with E-state index in [-0.39, 0.29) is 24.2 Å². The normalized spacial score (nSPS) is 12.1. The van der Waals surface area contributed by atoms with Gasteiger partial charge in [0.15, 0.2) is 0 Å². The monoisotopic (exact) mass is 252 g/mol. The number of amides is 1. The fourth-order valence-corrected chi connectivity index (χ4v) is 1.54. The predicted octanol–water partition coefficient (Wildman–Crippen LogP) is 0.931. The molecule has 0 radical (unpaired) electrons. The summed E-state index contributed by atoms with van der Waals surface area (Å²) < 4.78 is 0. The summed E-state index contributed by atoms with van der Waals surface area (Å²) in [6.07, 6.45) is 1.94. The molecular weight excluding hydrogens is 228 g/mol. The maximum absolute atomic E-state index is 11.2. The van der Waals surface area contributed by atoms with Crippen molar-refractivity contribution in [1.29, 1.82) is 0 Å². The first-order chi connectivity index (χ1) is 7.15. The molecule has 0 spiro atoms. The minimum absolute atomic E-state index is 0. The molecule has 0 aliphatic carbocycles. The van der Waals surface area contributed by atoms with Gasteiger partial charge in [-0.25, -0.2) is 0 Å². The van der Waals surface area contributed by atoms with Crippen LogP contribution in [0.1, 0.15) is 33.1 Å². The molecule has 1 atom stereocenters. The van der Waals surface area contributed by atoms with E-state index in [4.69, 9.17) is 0 Å². The lowest BCUT2D eigenvalue weighted by molar-refractivity contribution is -0.121. The third-order valence-corrected chi connectivity index (χ3v) is 2.70. The van der Waals surface area contributed by atoms with Crippen LogP contribution in [0.5, 0.6) is 0 Å². The molecule has 16 heavy (non-hydrogen) atoms. The largest absolute Gasteiger partial charge is 0.391 e. The topological polar surface area (TPSA) is 61.4 Å². The highest BCUT2D eigenvalue weighted by atomic mass is 35.5. The number of hydrogen-bond acceptors (Lipinski definition) is 3. The Labute approximate surface area is 105 Å². The van der Waals surface area contributed by atoms with Crippen molar-refractivity contribution < 1.29 is 9.90 Å². The number of carbonyl (C=O) groups excluding carboxylic acids is 1. The van der Waals surface area contributed by atoms with E-state index in [1.54, 1.807) is 0 Å². The van der Waals surface area contributed by atoms with E-state index in [9.17, 15) is 9.90 Å². The number of carbonyl (C=O) groups is 1. The zero-order valence-electron chi connectivity index (χ0n) is 10.5. The van der Waals surface area contributed by atoms with Gasteiger partial charge in [-0.05, 0) is 13.0 Å². The Hall–Kier alpha value is -0.320. The van der Waals surface area contributed by atoms with Crippen molar-refractivity contribution in [3.8, 4) is 0 Å². The van der Waals surface area contributed by atoms with Gasteiger partial charge in [-0.1, -0.05) is 26.7 Å². The van der Waals surface area contributed by atoms with Crippen LogP contribution in [0.4, 0.5) is 0 Å². The van der Waals surface area contributed by atoms with Crippen LogP contribution in [0, 0.1) is 5.92 Å². The van der Waals surface area contributed by atoms with E-state index >= 15 is 0 Å². The molecule has 5 heteroatoms. The van der Waals surface area contributed by atoms with Gasteiger partial charge in [-0.3, -0.25) is 4.79 Å². The van der Waals surface area contributed by atoms with Crippen LogP contribution in [-0.2, 0) is 4.79 Å². The van der Waals surface area contributed by atoms with Gasteiger partial charge in [0, 0.05) is 19.5 Å². The molecule has 0 aliphatic rings. The summed E-state index contributed by atoms with van der Waals surface area (Å²) in [7, 11) is 1.81. The van der Waals surface area contributed by atoms with E-state index in [0.29, 0.717) is 19.5 Å². The van der Waals surface area contributed by atoms with Gasteiger partial charge in [0.05, 0.1) is 6.10 Å². The van der Waals surface area contributed by atoms with Crippen molar-refractivity contribution in [3.63, 3.8) is 0 Å². The zero-order chi connectivity index (χ0) is 11.7. The van der Waals surface area contributed by atoms with Crippen LogP contribution in [0.25, 0.3) is 0 Å². The van der Waals surface area contributed by atoms with E-state index in [1.807, 2.05) is 7.05 Å². The molecule has 0 fully saturated rings. The Kier molecular flexibility index (Phi) is 12.6. The first-order valence-electron chi connectivity index (χ1n) is 5.75. The van der Waals surface area contributed by atoms with Crippen molar-refractivity contribution in [3.05, 3.63) is 0 Å².